The van der Waals surface area contributed by atoms with E-state index < -0.39 is 6.10 Å². The molecule has 1 atom stereocenters. The molecule has 3 aromatic heterocycles. The number of hydrogen-bond donors (Lipinski definition) is 2. The van der Waals surface area contributed by atoms with Crippen LogP contribution in [0, 0.1) is 11.3 Å². The molecule has 0 saturated heterocycles. The third-order valence-corrected chi connectivity index (χ3v) is 5.35. The lowest BCUT2D eigenvalue weighted by molar-refractivity contribution is 0.178. The average Bonchev–Trinajstić information content (AvgIpc) is 3.25. The van der Waals surface area contributed by atoms with Gasteiger partial charge in [0.1, 0.15) is 17.8 Å². The van der Waals surface area contributed by atoms with Gasteiger partial charge in [-0.25, -0.2) is 4.98 Å². The van der Waals surface area contributed by atoms with E-state index in [1.165, 1.54) is 4.70 Å². The summed E-state index contributed by atoms with van der Waals surface area (Å²) in [6.45, 7) is 1.02. The molecule has 124 valence electrons. The summed E-state index contributed by atoms with van der Waals surface area (Å²) in [4.78, 5) is 5.29. The molecule has 3 heterocycles. The molecule has 0 bridgehead atoms. The molecule has 1 unspecified atom stereocenters. The van der Waals surface area contributed by atoms with Crippen molar-refractivity contribution in [1.29, 1.82) is 5.26 Å². The zero-order valence-corrected chi connectivity index (χ0v) is 14.2. The number of aromatic nitrogens is 2. The van der Waals surface area contributed by atoms with Gasteiger partial charge in [0.05, 0.1) is 17.5 Å². The van der Waals surface area contributed by atoms with Crippen LogP contribution in [0.3, 0.4) is 0 Å². The average molecular weight is 348 g/mol. The van der Waals surface area contributed by atoms with Gasteiger partial charge in [0, 0.05) is 28.9 Å². The van der Waals surface area contributed by atoms with E-state index in [1.54, 1.807) is 29.8 Å². The van der Waals surface area contributed by atoms with Gasteiger partial charge in [0.2, 0.25) is 0 Å². The molecule has 0 aliphatic carbocycles. The van der Waals surface area contributed by atoms with Crippen LogP contribution < -0.4 is 5.32 Å². The first kappa shape index (κ1) is 15.8. The molecule has 0 aliphatic rings. The SMILES string of the molecule is N#Cc1ccc2ncc(CNCC(O)c3cc4ccccc4s3)n2c1. The number of nitrogens with zero attached hydrogens (tertiary/aromatic N) is 3. The van der Waals surface area contributed by atoms with E-state index in [9.17, 15) is 5.11 Å². The Labute approximate surface area is 148 Å². The molecule has 1 aromatic carbocycles. The van der Waals surface area contributed by atoms with Gasteiger partial charge < -0.3 is 14.8 Å². The van der Waals surface area contributed by atoms with Gasteiger partial charge in [-0.15, -0.1) is 11.3 Å². The van der Waals surface area contributed by atoms with E-state index in [2.05, 4.69) is 28.5 Å². The summed E-state index contributed by atoms with van der Waals surface area (Å²) in [6, 6.07) is 15.9. The Morgan fingerprint density at radius 2 is 2.16 bits per heavy atom. The number of pyridine rings is 1. The van der Waals surface area contributed by atoms with Crippen LogP contribution in [0.4, 0.5) is 0 Å². The Bertz CT molecular complexity index is 1040. The fourth-order valence-electron chi connectivity index (χ4n) is 2.83. The van der Waals surface area contributed by atoms with E-state index in [0.717, 1.165) is 21.6 Å². The molecule has 2 N–H and O–H groups in total. The van der Waals surface area contributed by atoms with Crippen molar-refractivity contribution in [2.24, 2.45) is 0 Å². The molecule has 6 heteroatoms. The van der Waals surface area contributed by atoms with Gasteiger partial charge in [0.15, 0.2) is 0 Å². The predicted octanol–water partition coefficient (Wildman–Crippen LogP) is 3.24. The minimum Gasteiger partial charge on any atom is -0.386 e. The van der Waals surface area contributed by atoms with Crippen molar-refractivity contribution in [3.63, 3.8) is 0 Å². The molecule has 4 aromatic rings. The highest BCUT2D eigenvalue weighted by Crippen LogP contribution is 2.29. The van der Waals surface area contributed by atoms with E-state index in [1.807, 2.05) is 28.7 Å². The number of nitrogens with one attached hydrogen (secondary N) is 1. The lowest BCUT2D eigenvalue weighted by Gasteiger charge is -2.10. The number of benzene rings is 1. The number of imidazole rings is 1. The summed E-state index contributed by atoms with van der Waals surface area (Å²) in [6.07, 6.45) is 3.02. The number of thiophene rings is 1. The largest absolute Gasteiger partial charge is 0.386 e. The van der Waals surface area contributed by atoms with Gasteiger partial charge in [-0.05, 0) is 29.7 Å². The normalized spacial score (nSPS) is 12.5. The molecular weight excluding hydrogens is 332 g/mol. The highest BCUT2D eigenvalue weighted by Gasteiger charge is 2.12. The third kappa shape index (κ3) is 3.13. The molecular formula is C19H16N4OS. The molecule has 0 amide bonds. The van der Waals surface area contributed by atoms with E-state index in [4.69, 9.17) is 5.26 Å². The minimum absolute atomic E-state index is 0.456. The first-order valence-electron chi connectivity index (χ1n) is 7.98. The van der Waals surface area contributed by atoms with Crippen molar-refractivity contribution in [1.82, 2.24) is 14.7 Å². The summed E-state index contributed by atoms with van der Waals surface area (Å²) in [5, 5.41) is 23.9. The second-order valence-corrected chi connectivity index (χ2v) is 6.96. The molecule has 25 heavy (non-hydrogen) atoms. The number of aliphatic hydroxyl groups excluding tert-OH is 1. The smallest absolute Gasteiger partial charge is 0.137 e. The minimum atomic E-state index is -0.550. The zero-order valence-electron chi connectivity index (χ0n) is 13.4. The number of rotatable bonds is 5. The van der Waals surface area contributed by atoms with Gasteiger partial charge in [-0.2, -0.15) is 5.26 Å². The summed E-state index contributed by atoms with van der Waals surface area (Å²) in [7, 11) is 0. The van der Waals surface area contributed by atoms with Crippen LogP contribution in [0.2, 0.25) is 0 Å². The fourth-order valence-corrected chi connectivity index (χ4v) is 3.88. The van der Waals surface area contributed by atoms with Gasteiger partial charge in [-0.3, -0.25) is 0 Å². The Balaban J connectivity index is 1.44. The van der Waals surface area contributed by atoms with E-state index >= 15 is 0 Å². The maximum Gasteiger partial charge on any atom is 0.137 e. The van der Waals surface area contributed by atoms with Crippen LogP contribution in [-0.4, -0.2) is 21.0 Å². The summed E-state index contributed by atoms with van der Waals surface area (Å²) in [5.74, 6) is 0. The number of aliphatic hydroxyl groups is 1. The molecule has 0 aliphatic heterocycles. The number of hydrogen-bond acceptors (Lipinski definition) is 5. The lowest BCUT2D eigenvalue weighted by Crippen LogP contribution is -2.21. The van der Waals surface area contributed by atoms with Crippen LogP contribution in [0.1, 0.15) is 22.2 Å². The summed E-state index contributed by atoms with van der Waals surface area (Å²) in [5.41, 5.74) is 2.36. The number of fused-ring (bicyclic) bond motifs is 2. The van der Waals surface area contributed by atoms with Crippen molar-refractivity contribution in [2.75, 3.05) is 6.54 Å². The van der Waals surface area contributed by atoms with Crippen LogP contribution in [0.25, 0.3) is 15.7 Å². The maximum absolute atomic E-state index is 10.4. The quantitative estimate of drug-likeness (QED) is 0.581. The first-order chi connectivity index (χ1) is 12.2. The topological polar surface area (TPSA) is 73.3 Å². The Hall–Kier alpha value is -2.72. The van der Waals surface area contributed by atoms with Crippen molar-refractivity contribution >= 4 is 27.1 Å². The van der Waals surface area contributed by atoms with Crippen LogP contribution >= 0.6 is 11.3 Å². The van der Waals surface area contributed by atoms with E-state index in [0.29, 0.717) is 18.7 Å². The monoisotopic (exact) mass is 348 g/mol. The van der Waals surface area contributed by atoms with Gasteiger partial charge in [0.25, 0.3) is 0 Å². The lowest BCUT2D eigenvalue weighted by atomic mass is 10.2. The highest BCUT2D eigenvalue weighted by atomic mass is 32.1. The second kappa shape index (κ2) is 6.65. The number of nitriles is 1. The molecule has 5 nitrogen and oxygen atoms in total. The van der Waals surface area contributed by atoms with Crippen molar-refractivity contribution in [3.05, 3.63) is 71.0 Å². The summed E-state index contributed by atoms with van der Waals surface area (Å²) < 4.78 is 3.08. The maximum atomic E-state index is 10.4. The molecule has 0 spiro atoms. The van der Waals surface area contributed by atoms with Crippen LogP contribution in [0.5, 0.6) is 0 Å². The predicted molar refractivity (Wildman–Crippen MR) is 98.4 cm³/mol. The standard InChI is InChI=1S/C19H16N4OS/c20-8-13-5-6-19-22-10-15(23(19)12-13)9-21-11-16(24)18-7-14-3-1-2-4-17(14)25-18/h1-7,10,12,16,21,24H,9,11H2. The fraction of sp³-hybridized carbons (Fsp3) is 0.158. The Kier molecular flexibility index (Phi) is 4.20. The van der Waals surface area contributed by atoms with Crippen molar-refractivity contribution in [2.45, 2.75) is 12.6 Å². The van der Waals surface area contributed by atoms with Gasteiger partial charge in [-0.1, -0.05) is 18.2 Å². The van der Waals surface area contributed by atoms with Crippen molar-refractivity contribution in [3.8, 4) is 6.07 Å². The van der Waals surface area contributed by atoms with E-state index in [-0.39, 0.29) is 0 Å². The molecule has 4 rings (SSSR count). The Morgan fingerprint density at radius 3 is 3.00 bits per heavy atom. The highest BCUT2D eigenvalue weighted by molar-refractivity contribution is 7.19. The summed E-state index contributed by atoms with van der Waals surface area (Å²) >= 11 is 1.62. The molecule has 0 radical (unpaired) electrons. The Morgan fingerprint density at radius 1 is 1.28 bits per heavy atom. The van der Waals surface area contributed by atoms with Crippen molar-refractivity contribution < 1.29 is 5.11 Å². The molecule has 0 fully saturated rings. The van der Waals surface area contributed by atoms with Gasteiger partial charge >= 0.3 is 0 Å². The molecule has 0 saturated carbocycles. The van der Waals surface area contributed by atoms with Crippen LogP contribution in [-0.2, 0) is 6.54 Å². The first-order valence-corrected chi connectivity index (χ1v) is 8.79. The van der Waals surface area contributed by atoms with Crippen LogP contribution in [0.15, 0.2) is 54.9 Å². The second-order valence-electron chi connectivity index (χ2n) is 5.84. The zero-order chi connectivity index (χ0) is 17.2. The third-order valence-electron chi connectivity index (χ3n) is 4.13.